The molecule has 36 heteroatoms. The summed E-state index contributed by atoms with van der Waals surface area (Å²) in [5.41, 5.74) is 7.76. The third-order valence-electron chi connectivity index (χ3n) is 21.9. The van der Waals surface area contributed by atoms with Gasteiger partial charge in [-0.2, -0.15) is 0 Å². The van der Waals surface area contributed by atoms with Crippen molar-refractivity contribution in [3.63, 3.8) is 0 Å². The van der Waals surface area contributed by atoms with Gasteiger partial charge < -0.3 is 88.5 Å². The van der Waals surface area contributed by atoms with Gasteiger partial charge in [0, 0.05) is 87.2 Å². The van der Waals surface area contributed by atoms with E-state index in [2.05, 4.69) is 66.7 Å². The van der Waals surface area contributed by atoms with Crippen LogP contribution in [0.25, 0.3) is 10.9 Å². The van der Waals surface area contributed by atoms with Crippen molar-refractivity contribution in [2.45, 2.75) is 325 Å². The number of unbranched alkanes of at least 4 members (excludes halogenated alkanes) is 21. The minimum Gasteiger partial charge on any atom is -0.508 e. The molecule has 0 radical (unpaired) electrons. The van der Waals surface area contributed by atoms with E-state index >= 15 is 0 Å². The van der Waals surface area contributed by atoms with E-state index in [4.69, 9.17) is 15.2 Å². The van der Waals surface area contributed by atoms with Crippen LogP contribution in [0.3, 0.4) is 0 Å². The molecule has 4 aromatic rings. The van der Waals surface area contributed by atoms with Gasteiger partial charge in [0.05, 0.1) is 18.2 Å². The number of aromatic amines is 1. The third kappa shape index (κ3) is 42.4. The quantitative estimate of drug-likeness (QED) is 0.0113. The number of aliphatic carboxylic acids is 3. The number of amides is 12. The number of hydrogen-bond acceptors (Lipinski definition) is 21. The van der Waals surface area contributed by atoms with Crippen LogP contribution in [0.4, 0.5) is 0 Å². The number of carboxylic acids is 3. The number of carbonyl (C=O) groups is 17. The van der Waals surface area contributed by atoms with Gasteiger partial charge in [0.1, 0.15) is 66.8 Å². The summed E-state index contributed by atoms with van der Waals surface area (Å²) >= 11 is 1.02. The molecule has 0 aliphatic carbocycles. The highest BCUT2D eigenvalue weighted by molar-refractivity contribution is 8.00. The topological polar surface area (TPSA) is 543 Å². The van der Waals surface area contributed by atoms with E-state index in [0.29, 0.717) is 53.3 Å². The number of aromatic hydroxyl groups is 1. The molecule has 0 spiro atoms. The van der Waals surface area contributed by atoms with E-state index in [9.17, 15) is 102 Å². The van der Waals surface area contributed by atoms with Gasteiger partial charge in [0.15, 0.2) is 0 Å². The van der Waals surface area contributed by atoms with Crippen molar-refractivity contribution in [1.29, 1.82) is 0 Å². The van der Waals surface area contributed by atoms with E-state index in [1.54, 1.807) is 67.7 Å². The average molecular weight is 1810 g/mol. The van der Waals surface area contributed by atoms with Gasteiger partial charge in [-0.15, -0.1) is 11.8 Å². The Morgan fingerprint density at radius 1 is 0.469 bits per heavy atom. The molecule has 1 aromatic heterocycles. The van der Waals surface area contributed by atoms with Crippen LogP contribution in [0.5, 0.6) is 5.75 Å². The molecule has 5 rings (SSSR count). The number of rotatable bonds is 68. The lowest BCUT2D eigenvalue weighted by Gasteiger charge is -2.26. The van der Waals surface area contributed by atoms with Crippen molar-refractivity contribution in [1.82, 2.24) is 57.7 Å². The number of likely N-dealkylation sites (tertiary alicyclic amines) is 1. The fourth-order valence-electron chi connectivity index (χ4n) is 14.5. The molecule has 10 atom stereocenters. The van der Waals surface area contributed by atoms with Crippen LogP contribution in [-0.4, -0.2) is 216 Å². The fraction of sp³-hybridized carbons (Fsp3) is 0.598. The van der Waals surface area contributed by atoms with Crippen LogP contribution >= 0.6 is 11.8 Å². The normalized spacial score (nSPS) is 14.5. The molecule has 0 saturated carbocycles. The van der Waals surface area contributed by atoms with Crippen LogP contribution < -0.4 is 53.6 Å². The molecule has 2 heterocycles. The zero-order valence-electron chi connectivity index (χ0n) is 74.3. The monoisotopic (exact) mass is 1810 g/mol. The molecule has 35 nitrogen and oxygen atoms in total. The number of benzene rings is 3. The second-order valence-corrected chi connectivity index (χ2v) is 33.9. The number of carbonyl (C=O) groups excluding carboxylic acids is 14. The van der Waals surface area contributed by atoms with E-state index in [1.165, 1.54) is 108 Å². The number of nitrogens with zero attached hydrogens (tertiary/aromatic N) is 1. The summed E-state index contributed by atoms with van der Waals surface area (Å²) in [6.45, 7) is 5.71. The number of hydrogen-bond donors (Lipinski definition) is 15. The number of para-hydroxylation sites is 1. The number of nitrogens with two attached hydrogens (primary N) is 1. The number of phenols is 1. The summed E-state index contributed by atoms with van der Waals surface area (Å²) in [7, 11) is 0. The van der Waals surface area contributed by atoms with Crippen molar-refractivity contribution >= 4 is 123 Å². The summed E-state index contributed by atoms with van der Waals surface area (Å²) in [6, 6.07) is 8.09. The number of aromatic nitrogens is 1. The Balaban J connectivity index is 1.23. The molecular weight excluding hydrogens is 1670 g/mol. The summed E-state index contributed by atoms with van der Waals surface area (Å²) in [5.74, 6) is -17.1. The Bertz CT molecular complexity index is 4250. The van der Waals surface area contributed by atoms with Crippen molar-refractivity contribution in [3.05, 3.63) is 102 Å². The van der Waals surface area contributed by atoms with E-state index < -0.39 is 212 Å². The van der Waals surface area contributed by atoms with E-state index in [1.807, 2.05) is 0 Å². The molecule has 12 amide bonds. The first kappa shape index (κ1) is 107. The molecule has 128 heavy (non-hydrogen) atoms. The highest BCUT2D eigenvalue weighted by Crippen LogP contribution is 2.28. The molecule has 1 aliphatic rings. The first-order valence-electron chi connectivity index (χ1n) is 45.2. The Hall–Kier alpha value is -11.5. The fourth-order valence-corrected chi connectivity index (χ4v) is 15.7. The number of imide groups is 1. The van der Waals surface area contributed by atoms with Gasteiger partial charge in [-0.1, -0.05) is 223 Å². The second kappa shape index (κ2) is 60.3. The molecule has 1 saturated heterocycles. The van der Waals surface area contributed by atoms with Gasteiger partial charge in [-0.25, -0.2) is 0 Å². The number of phenolic OH excluding ortho intramolecular Hbond substituents is 1. The zero-order chi connectivity index (χ0) is 93.7. The molecular formula is C92H134N12O23S. The number of esters is 2. The summed E-state index contributed by atoms with van der Waals surface area (Å²) < 4.78 is 11.5. The lowest BCUT2D eigenvalue weighted by molar-refractivity contribution is -0.157. The minimum absolute atomic E-state index is 0.0210. The van der Waals surface area contributed by atoms with E-state index in [-0.39, 0.29) is 63.1 Å². The summed E-state index contributed by atoms with van der Waals surface area (Å²) in [6.07, 6.45) is 20.5. The largest absolute Gasteiger partial charge is 0.508 e. The van der Waals surface area contributed by atoms with Crippen molar-refractivity contribution in [2.75, 3.05) is 25.4 Å². The summed E-state index contributed by atoms with van der Waals surface area (Å²) in [5, 5.41) is 61.1. The Labute approximate surface area is 752 Å². The average Bonchev–Trinajstić information content (AvgIpc) is 1.68. The molecule has 16 N–H and O–H groups in total. The highest BCUT2D eigenvalue weighted by Gasteiger charge is 2.41. The number of thioether (sulfide) groups is 1. The van der Waals surface area contributed by atoms with Crippen molar-refractivity contribution < 1.29 is 111 Å². The number of H-pyrrole nitrogens is 1. The van der Waals surface area contributed by atoms with Crippen molar-refractivity contribution in [3.8, 4) is 5.75 Å². The van der Waals surface area contributed by atoms with Gasteiger partial charge in [0.2, 0.25) is 70.9 Å². The minimum atomic E-state index is -1.80. The van der Waals surface area contributed by atoms with Crippen LogP contribution in [0.2, 0.25) is 0 Å². The number of fused-ring (bicyclic) bond motifs is 1. The number of ether oxygens (including phenoxy) is 2. The number of primary amides is 1. The standard InChI is InChI=1S/C92H134N12O23S/c1-5-8-11-13-15-17-19-21-23-25-30-39-82(115)126-58-65(127-83(116)40-31-26-24-22-20-18-16-14-12-9-6-2)59-128-75-55-78(108)104(92(75)125)50-49-76(106)97-69(45-47-79(109)110)89(122)100-70(46-48-80(111)112)87(120)96-60(4)85(118)102-72(52-62-41-43-64(105)44-42-62)86(119)95-57-77(107)98-73(53-63-56-94-67-38-33-32-36-66(63)67)90(123)99-68(37-10-7-3)88(121)103-74(54-81(113)114)91(124)101-71(84(93)117)51-61-34-28-27-29-35-61/h27-29,32-36,38,41-44,56,60,65,68-75,94,105H,5-26,30-31,37,39-40,45-55,57-59H2,1-4H3,(H2,93,117)(H,95,119)(H,96,120)(H,97,106)(H,98,107)(H,99,123)(H,100,122)(H,101,124)(H,102,118)(H,103,121)(H,109,110)(H,111,112)(H,113,114)/t60-,65?,68-,69-,70-,71-,72-,73-,74-,75?/m0/s1. The molecule has 1 fully saturated rings. The predicted octanol–water partition coefficient (Wildman–Crippen LogP) is 7.90. The first-order chi connectivity index (χ1) is 61.4. The van der Waals surface area contributed by atoms with Gasteiger partial charge >= 0.3 is 29.8 Å². The molecule has 3 aromatic carbocycles. The molecule has 2 unspecified atom stereocenters. The Morgan fingerprint density at radius 2 is 0.930 bits per heavy atom. The molecule has 1 aliphatic heterocycles. The first-order valence-corrected chi connectivity index (χ1v) is 46.2. The zero-order valence-corrected chi connectivity index (χ0v) is 75.1. The van der Waals surface area contributed by atoms with E-state index in [0.717, 1.165) is 68.0 Å². The second-order valence-electron chi connectivity index (χ2n) is 32.7. The third-order valence-corrected chi connectivity index (χ3v) is 23.2. The van der Waals surface area contributed by atoms with Gasteiger partial charge in [0.25, 0.3) is 0 Å². The maximum absolute atomic E-state index is 14.6. The summed E-state index contributed by atoms with van der Waals surface area (Å²) in [4.78, 5) is 233. The van der Waals surface area contributed by atoms with Crippen LogP contribution in [0.15, 0.2) is 85.1 Å². The molecule has 0 bridgehead atoms. The van der Waals surface area contributed by atoms with Crippen LogP contribution in [-0.2, 0) is 110 Å². The lowest BCUT2D eigenvalue weighted by Crippen LogP contribution is -2.59. The van der Waals surface area contributed by atoms with Gasteiger partial charge in [-0.3, -0.25) is 86.4 Å². The predicted molar refractivity (Wildman–Crippen MR) is 478 cm³/mol. The SMILES string of the molecule is CCCCCCCCCCCCCC(=O)OCC(CSC1CC(=O)N(CCC(=O)N[C@@H](CCC(=O)O)C(=O)N[C@@H](CCC(=O)O)C(=O)N[C@@H](C)C(=O)N[C@@H](Cc2ccc(O)cc2)C(=O)NCC(=O)N[C@@H](Cc2c[nH]c3ccccc23)C(=O)N[C@@H](CCCC)C(=O)N[C@@H](CC(=O)O)C(=O)N[C@@H](Cc2ccccc2)C(N)=O)C1=O)OC(=O)CCCCCCCCCCCCC. The highest BCUT2D eigenvalue weighted by atomic mass is 32.2. The smallest absolute Gasteiger partial charge is 0.306 e. The molecule has 706 valence electrons. The Morgan fingerprint density at radius 3 is 1.49 bits per heavy atom. The van der Waals surface area contributed by atoms with Crippen LogP contribution in [0.1, 0.15) is 263 Å². The van der Waals surface area contributed by atoms with Crippen molar-refractivity contribution in [2.24, 2.45) is 5.73 Å². The van der Waals surface area contributed by atoms with Crippen LogP contribution in [0, 0.1) is 0 Å². The number of carboxylic acid groups (broad SMARTS) is 3. The maximum Gasteiger partial charge on any atom is 0.306 e. The maximum atomic E-state index is 14.6. The Kier molecular flexibility index (Phi) is 50.4. The lowest BCUT2D eigenvalue weighted by atomic mass is 10.0. The van der Waals surface area contributed by atoms with Gasteiger partial charge in [-0.05, 0) is 73.9 Å². The number of nitrogens with one attached hydrogen (secondary N) is 10.